The van der Waals surface area contributed by atoms with Crippen molar-refractivity contribution in [2.45, 2.75) is 38.6 Å². The third-order valence-corrected chi connectivity index (χ3v) is 3.76. The third-order valence-electron chi connectivity index (χ3n) is 3.76. The Kier molecular flexibility index (Phi) is 4.23. The van der Waals surface area contributed by atoms with Crippen LogP contribution in [0.25, 0.3) is 0 Å². The number of fused-ring (bicyclic) bond motifs is 1. The van der Waals surface area contributed by atoms with Crippen LogP contribution in [0.5, 0.6) is 0 Å². The maximum Gasteiger partial charge on any atom is 0.123 e. The van der Waals surface area contributed by atoms with Gasteiger partial charge in [-0.1, -0.05) is 0 Å². The van der Waals surface area contributed by atoms with Gasteiger partial charge in [-0.25, -0.2) is 4.39 Å². The molecule has 0 saturated carbocycles. The Hall–Kier alpha value is -1.09. The third kappa shape index (κ3) is 2.66. The minimum atomic E-state index is -0.113. The maximum atomic E-state index is 13.4. The summed E-state index contributed by atoms with van der Waals surface area (Å²) >= 11 is 0. The van der Waals surface area contributed by atoms with E-state index in [0.717, 1.165) is 25.9 Å². The maximum absolute atomic E-state index is 13.4. The molecule has 1 atom stereocenters. The van der Waals surface area contributed by atoms with Crippen LogP contribution in [0.2, 0.25) is 0 Å². The molecule has 1 N–H and O–H groups in total. The molecule has 0 amide bonds. The van der Waals surface area contributed by atoms with Crippen LogP contribution in [-0.4, -0.2) is 26.2 Å². The average molecular weight is 250 g/mol. The van der Waals surface area contributed by atoms with Crippen LogP contribution in [0.3, 0.4) is 0 Å². The van der Waals surface area contributed by atoms with Crippen LogP contribution in [0.15, 0.2) is 18.2 Å². The van der Waals surface area contributed by atoms with Gasteiger partial charge >= 0.3 is 0 Å². The summed E-state index contributed by atoms with van der Waals surface area (Å²) < 4.78 is 13.4. The van der Waals surface area contributed by atoms with E-state index in [1.807, 2.05) is 13.1 Å². The van der Waals surface area contributed by atoms with Gasteiger partial charge in [-0.15, -0.1) is 0 Å². The fourth-order valence-corrected chi connectivity index (χ4v) is 2.81. The molecule has 1 aromatic carbocycles. The van der Waals surface area contributed by atoms with E-state index in [1.54, 1.807) is 12.1 Å². The highest BCUT2D eigenvalue weighted by Gasteiger charge is 2.29. The lowest BCUT2D eigenvalue weighted by atomic mass is 9.96. The van der Waals surface area contributed by atoms with Gasteiger partial charge in [0, 0.05) is 24.2 Å². The number of hydrogen-bond donors (Lipinski definition) is 1. The quantitative estimate of drug-likeness (QED) is 0.808. The summed E-state index contributed by atoms with van der Waals surface area (Å²) in [6.45, 7) is 6.45. The Bertz CT molecular complexity index is 403. The van der Waals surface area contributed by atoms with Crippen LogP contribution in [-0.2, 0) is 0 Å². The van der Waals surface area contributed by atoms with Crippen molar-refractivity contribution in [3.63, 3.8) is 0 Å². The molecule has 0 aliphatic carbocycles. The van der Waals surface area contributed by atoms with Crippen LogP contribution in [0, 0.1) is 5.82 Å². The van der Waals surface area contributed by atoms with Crippen molar-refractivity contribution in [1.82, 2.24) is 5.32 Å². The fourth-order valence-electron chi connectivity index (χ4n) is 2.81. The first-order valence-corrected chi connectivity index (χ1v) is 6.84. The number of hydrogen-bond acceptors (Lipinski definition) is 2. The van der Waals surface area contributed by atoms with E-state index in [-0.39, 0.29) is 5.82 Å². The molecule has 1 aliphatic rings. The summed E-state index contributed by atoms with van der Waals surface area (Å²) in [5.41, 5.74) is 2.42. The minimum Gasteiger partial charge on any atom is -0.368 e. The molecule has 0 saturated heterocycles. The van der Waals surface area contributed by atoms with Gasteiger partial charge in [-0.05, 0) is 64.0 Å². The number of benzene rings is 1. The lowest BCUT2D eigenvalue weighted by Crippen LogP contribution is -2.29. The number of anilines is 1. The number of nitrogens with one attached hydrogen (secondary N) is 1. The van der Waals surface area contributed by atoms with E-state index in [9.17, 15) is 4.39 Å². The monoisotopic (exact) mass is 250 g/mol. The summed E-state index contributed by atoms with van der Waals surface area (Å²) in [5, 5.41) is 3.17. The number of nitrogens with zero attached hydrogens (tertiary/aromatic N) is 1. The standard InChI is InChI=1S/C15H23FN2/c1-11(2)18-10-12(5-4-8-17-3)14-9-13(16)6-7-15(14)18/h6-7,9,11-12,17H,4-5,8,10H2,1-3H3. The Morgan fingerprint density at radius 1 is 1.44 bits per heavy atom. The number of rotatable bonds is 5. The molecule has 2 nitrogen and oxygen atoms in total. The highest BCUT2D eigenvalue weighted by Crippen LogP contribution is 2.39. The molecule has 0 aromatic heterocycles. The van der Waals surface area contributed by atoms with Gasteiger partial charge in [0.25, 0.3) is 0 Å². The smallest absolute Gasteiger partial charge is 0.123 e. The summed E-state index contributed by atoms with van der Waals surface area (Å²) in [6, 6.07) is 5.71. The lowest BCUT2D eigenvalue weighted by molar-refractivity contribution is 0.568. The summed E-state index contributed by atoms with van der Waals surface area (Å²) in [6.07, 6.45) is 2.27. The molecule has 1 aromatic rings. The SMILES string of the molecule is CNCCCC1CN(C(C)C)c2ccc(F)cc21. The molecule has 2 rings (SSSR count). The second-order valence-corrected chi connectivity index (χ2v) is 5.39. The molecule has 0 bridgehead atoms. The predicted octanol–water partition coefficient (Wildman–Crippen LogP) is 3.14. The summed E-state index contributed by atoms with van der Waals surface area (Å²) in [5.74, 6) is 0.365. The van der Waals surface area contributed by atoms with Crippen LogP contribution < -0.4 is 10.2 Å². The molecule has 1 heterocycles. The normalized spacial score (nSPS) is 18.5. The van der Waals surface area contributed by atoms with Crippen molar-refractivity contribution in [2.75, 3.05) is 25.0 Å². The van der Waals surface area contributed by atoms with E-state index < -0.39 is 0 Å². The minimum absolute atomic E-state index is 0.113. The van der Waals surface area contributed by atoms with Gasteiger partial charge in [-0.2, -0.15) is 0 Å². The summed E-state index contributed by atoms with van der Waals surface area (Å²) in [7, 11) is 1.97. The van der Waals surface area contributed by atoms with Gasteiger partial charge in [0.2, 0.25) is 0 Å². The molecule has 1 unspecified atom stereocenters. The topological polar surface area (TPSA) is 15.3 Å². The summed E-state index contributed by atoms with van der Waals surface area (Å²) in [4.78, 5) is 2.39. The Morgan fingerprint density at radius 2 is 2.22 bits per heavy atom. The molecular formula is C15H23FN2. The molecular weight excluding hydrogens is 227 g/mol. The van der Waals surface area contributed by atoms with Crippen molar-refractivity contribution in [3.05, 3.63) is 29.6 Å². The first-order chi connectivity index (χ1) is 8.63. The van der Waals surface area contributed by atoms with Crippen molar-refractivity contribution < 1.29 is 4.39 Å². The first-order valence-electron chi connectivity index (χ1n) is 6.84. The Morgan fingerprint density at radius 3 is 2.89 bits per heavy atom. The highest BCUT2D eigenvalue weighted by molar-refractivity contribution is 5.60. The average Bonchev–Trinajstić information content (AvgIpc) is 2.68. The molecule has 0 spiro atoms. The highest BCUT2D eigenvalue weighted by atomic mass is 19.1. The zero-order chi connectivity index (χ0) is 13.1. The molecule has 18 heavy (non-hydrogen) atoms. The van der Waals surface area contributed by atoms with E-state index >= 15 is 0 Å². The van der Waals surface area contributed by atoms with Gasteiger partial charge in [0.1, 0.15) is 5.82 Å². The first kappa shape index (κ1) is 13.3. The van der Waals surface area contributed by atoms with Gasteiger partial charge in [-0.3, -0.25) is 0 Å². The molecule has 1 aliphatic heterocycles. The Labute approximate surface area is 109 Å². The van der Waals surface area contributed by atoms with Crippen molar-refractivity contribution in [1.29, 1.82) is 0 Å². The zero-order valence-electron chi connectivity index (χ0n) is 11.5. The molecule has 0 radical (unpaired) electrons. The fraction of sp³-hybridized carbons (Fsp3) is 0.600. The van der Waals surface area contributed by atoms with Gasteiger partial charge in [0.05, 0.1) is 0 Å². The zero-order valence-corrected chi connectivity index (χ0v) is 11.5. The predicted molar refractivity (Wildman–Crippen MR) is 74.8 cm³/mol. The largest absolute Gasteiger partial charge is 0.368 e. The van der Waals surface area contributed by atoms with E-state index in [1.165, 1.54) is 11.3 Å². The van der Waals surface area contributed by atoms with E-state index in [0.29, 0.717) is 12.0 Å². The number of halogens is 1. The molecule has 3 heteroatoms. The van der Waals surface area contributed by atoms with Crippen LogP contribution >= 0.6 is 0 Å². The second kappa shape index (κ2) is 5.70. The molecule has 0 fully saturated rings. The van der Waals surface area contributed by atoms with Crippen LogP contribution in [0.1, 0.15) is 38.2 Å². The van der Waals surface area contributed by atoms with Crippen molar-refractivity contribution >= 4 is 5.69 Å². The van der Waals surface area contributed by atoms with E-state index in [4.69, 9.17) is 0 Å². The van der Waals surface area contributed by atoms with Crippen molar-refractivity contribution in [3.8, 4) is 0 Å². The van der Waals surface area contributed by atoms with Gasteiger partial charge < -0.3 is 10.2 Å². The van der Waals surface area contributed by atoms with Crippen molar-refractivity contribution in [2.24, 2.45) is 0 Å². The molecule has 100 valence electrons. The van der Waals surface area contributed by atoms with Crippen LogP contribution in [0.4, 0.5) is 10.1 Å². The second-order valence-electron chi connectivity index (χ2n) is 5.39. The lowest BCUT2D eigenvalue weighted by Gasteiger charge is -2.24. The van der Waals surface area contributed by atoms with Gasteiger partial charge in [0.15, 0.2) is 0 Å². The van der Waals surface area contributed by atoms with E-state index in [2.05, 4.69) is 24.1 Å². The Balaban J connectivity index is 2.18.